The highest BCUT2D eigenvalue weighted by Gasteiger charge is 2.07. The monoisotopic (exact) mass is 238 g/mol. The number of nitrogens with two attached hydrogens (primary N) is 1. The number of nitrogens with one attached hydrogen (secondary N) is 1. The molecule has 0 aliphatic heterocycles. The molecular formula is C14H14N4. The molecule has 0 bridgehead atoms. The standard InChI is InChI=1S/C14H14N4/c1-9(15)10-3-2-4-11(7-10)12-5-6-16-14-13(12)8-17-18-14/h2-9H,15H2,1H3,(H,16,17,18). The predicted molar refractivity (Wildman–Crippen MR) is 71.9 cm³/mol. The lowest BCUT2D eigenvalue weighted by molar-refractivity contribution is 0.819. The van der Waals surface area contributed by atoms with E-state index >= 15 is 0 Å². The van der Waals surface area contributed by atoms with Gasteiger partial charge in [-0.25, -0.2) is 4.98 Å². The molecule has 1 aromatic carbocycles. The number of pyridine rings is 1. The van der Waals surface area contributed by atoms with Crippen LogP contribution in [0.4, 0.5) is 0 Å². The van der Waals surface area contributed by atoms with Crippen LogP contribution in [0, 0.1) is 0 Å². The lowest BCUT2D eigenvalue weighted by Gasteiger charge is -2.08. The van der Waals surface area contributed by atoms with Crippen molar-refractivity contribution in [1.29, 1.82) is 0 Å². The van der Waals surface area contributed by atoms with Crippen molar-refractivity contribution in [2.24, 2.45) is 5.73 Å². The average Bonchev–Trinajstić information content (AvgIpc) is 2.87. The van der Waals surface area contributed by atoms with Gasteiger partial charge in [-0.05, 0) is 35.7 Å². The smallest absolute Gasteiger partial charge is 0.155 e. The van der Waals surface area contributed by atoms with Gasteiger partial charge in [-0.3, -0.25) is 5.10 Å². The lowest BCUT2D eigenvalue weighted by atomic mass is 9.99. The molecule has 4 nitrogen and oxygen atoms in total. The first kappa shape index (κ1) is 10.9. The number of H-pyrrole nitrogens is 1. The van der Waals surface area contributed by atoms with E-state index in [1.807, 2.05) is 25.1 Å². The van der Waals surface area contributed by atoms with Crippen molar-refractivity contribution in [2.75, 3.05) is 0 Å². The minimum absolute atomic E-state index is 0.0339. The second-order valence-corrected chi connectivity index (χ2v) is 4.40. The number of hydrogen-bond donors (Lipinski definition) is 2. The van der Waals surface area contributed by atoms with Gasteiger partial charge >= 0.3 is 0 Å². The molecule has 0 aliphatic rings. The van der Waals surface area contributed by atoms with Crippen LogP contribution in [0.15, 0.2) is 42.7 Å². The van der Waals surface area contributed by atoms with Crippen molar-refractivity contribution in [3.05, 3.63) is 48.3 Å². The number of hydrogen-bond acceptors (Lipinski definition) is 3. The molecule has 0 radical (unpaired) electrons. The zero-order chi connectivity index (χ0) is 12.5. The van der Waals surface area contributed by atoms with E-state index in [1.54, 1.807) is 12.4 Å². The largest absolute Gasteiger partial charge is 0.324 e. The highest BCUT2D eigenvalue weighted by molar-refractivity contribution is 5.92. The van der Waals surface area contributed by atoms with Crippen LogP contribution in [-0.2, 0) is 0 Å². The van der Waals surface area contributed by atoms with Crippen LogP contribution in [0.25, 0.3) is 22.2 Å². The summed E-state index contributed by atoms with van der Waals surface area (Å²) in [6.45, 7) is 1.99. The van der Waals surface area contributed by atoms with E-state index in [9.17, 15) is 0 Å². The van der Waals surface area contributed by atoms with Crippen LogP contribution < -0.4 is 5.73 Å². The Labute approximate surface area is 105 Å². The second kappa shape index (κ2) is 4.23. The summed E-state index contributed by atoms with van der Waals surface area (Å²) < 4.78 is 0. The summed E-state index contributed by atoms with van der Waals surface area (Å²) in [6.07, 6.45) is 3.59. The van der Waals surface area contributed by atoms with E-state index < -0.39 is 0 Å². The fourth-order valence-corrected chi connectivity index (χ4v) is 2.09. The molecule has 18 heavy (non-hydrogen) atoms. The zero-order valence-electron chi connectivity index (χ0n) is 10.1. The summed E-state index contributed by atoms with van der Waals surface area (Å²) in [6, 6.07) is 10.3. The van der Waals surface area contributed by atoms with E-state index in [1.165, 1.54) is 0 Å². The molecule has 3 aromatic rings. The Hall–Kier alpha value is -2.20. The molecule has 0 amide bonds. The molecule has 1 unspecified atom stereocenters. The fraction of sp³-hybridized carbons (Fsp3) is 0.143. The molecule has 2 aromatic heterocycles. The molecule has 1 atom stereocenters. The maximum Gasteiger partial charge on any atom is 0.155 e. The first-order chi connectivity index (χ1) is 8.75. The number of aromatic amines is 1. The first-order valence-electron chi connectivity index (χ1n) is 5.90. The lowest BCUT2D eigenvalue weighted by Crippen LogP contribution is -2.04. The maximum atomic E-state index is 5.92. The molecular weight excluding hydrogens is 224 g/mol. The van der Waals surface area contributed by atoms with Crippen molar-refractivity contribution in [3.8, 4) is 11.1 Å². The topological polar surface area (TPSA) is 67.6 Å². The Balaban J connectivity index is 2.20. The van der Waals surface area contributed by atoms with Gasteiger partial charge < -0.3 is 5.73 Å². The summed E-state index contributed by atoms with van der Waals surface area (Å²) in [5.41, 5.74) is 10.1. The van der Waals surface area contributed by atoms with Gasteiger partial charge in [0, 0.05) is 17.6 Å². The third-order valence-electron chi connectivity index (χ3n) is 3.08. The van der Waals surface area contributed by atoms with Gasteiger partial charge in [0.15, 0.2) is 5.65 Å². The Morgan fingerprint density at radius 1 is 1.28 bits per heavy atom. The summed E-state index contributed by atoms with van der Waals surface area (Å²) in [4.78, 5) is 4.24. The van der Waals surface area contributed by atoms with Crippen molar-refractivity contribution in [3.63, 3.8) is 0 Å². The minimum Gasteiger partial charge on any atom is -0.324 e. The molecule has 3 rings (SSSR count). The van der Waals surface area contributed by atoms with Gasteiger partial charge in [-0.2, -0.15) is 5.10 Å². The number of fused-ring (bicyclic) bond motifs is 1. The fourth-order valence-electron chi connectivity index (χ4n) is 2.09. The van der Waals surface area contributed by atoms with Gasteiger partial charge in [-0.1, -0.05) is 18.2 Å². The Morgan fingerprint density at radius 3 is 3.00 bits per heavy atom. The van der Waals surface area contributed by atoms with Gasteiger partial charge in [0.1, 0.15) is 0 Å². The highest BCUT2D eigenvalue weighted by atomic mass is 15.1. The molecule has 0 fully saturated rings. The van der Waals surface area contributed by atoms with E-state index in [4.69, 9.17) is 5.73 Å². The van der Waals surface area contributed by atoms with Gasteiger partial charge in [-0.15, -0.1) is 0 Å². The van der Waals surface area contributed by atoms with Gasteiger partial charge in [0.25, 0.3) is 0 Å². The molecule has 0 saturated carbocycles. The second-order valence-electron chi connectivity index (χ2n) is 4.40. The quantitative estimate of drug-likeness (QED) is 0.721. The number of aromatic nitrogens is 3. The van der Waals surface area contributed by atoms with Crippen molar-refractivity contribution >= 4 is 11.0 Å². The minimum atomic E-state index is 0.0339. The van der Waals surface area contributed by atoms with Gasteiger partial charge in [0.2, 0.25) is 0 Å². The normalized spacial score (nSPS) is 12.8. The van der Waals surface area contributed by atoms with Crippen LogP contribution in [0.2, 0.25) is 0 Å². The Bertz CT molecular complexity index is 685. The molecule has 0 aliphatic carbocycles. The molecule has 0 spiro atoms. The van der Waals surface area contributed by atoms with E-state index in [0.717, 1.165) is 27.7 Å². The van der Waals surface area contributed by atoms with E-state index in [2.05, 4.69) is 27.3 Å². The highest BCUT2D eigenvalue weighted by Crippen LogP contribution is 2.27. The van der Waals surface area contributed by atoms with Crippen molar-refractivity contribution in [2.45, 2.75) is 13.0 Å². The third-order valence-corrected chi connectivity index (χ3v) is 3.08. The first-order valence-corrected chi connectivity index (χ1v) is 5.90. The summed E-state index contributed by atoms with van der Waals surface area (Å²) >= 11 is 0. The van der Waals surface area contributed by atoms with Gasteiger partial charge in [0.05, 0.1) is 6.20 Å². The number of rotatable bonds is 2. The zero-order valence-corrected chi connectivity index (χ0v) is 10.1. The Kier molecular flexibility index (Phi) is 2.57. The SMILES string of the molecule is CC(N)c1cccc(-c2ccnc3[nH]ncc23)c1. The van der Waals surface area contributed by atoms with E-state index in [0.29, 0.717) is 0 Å². The van der Waals surface area contributed by atoms with Crippen LogP contribution in [0.3, 0.4) is 0 Å². The Morgan fingerprint density at radius 2 is 2.17 bits per heavy atom. The van der Waals surface area contributed by atoms with Crippen molar-refractivity contribution in [1.82, 2.24) is 15.2 Å². The summed E-state index contributed by atoms with van der Waals surface area (Å²) in [5.74, 6) is 0. The molecule has 4 heteroatoms. The maximum absolute atomic E-state index is 5.92. The molecule has 3 N–H and O–H groups in total. The third kappa shape index (κ3) is 1.76. The van der Waals surface area contributed by atoms with Crippen LogP contribution in [0.1, 0.15) is 18.5 Å². The number of benzene rings is 1. The van der Waals surface area contributed by atoms with E-state index in [-0.39, 0.29) is 6.04 Å². The average molecular weight is 238 g/mol. The summed E-state index contributed by atoms with van der Waals surface area (Å²) in [7, 11) is 0. The van der Waals surface area contributed by atoms with Crippen LogP contribution >= 0.6 is 0 Å². The van der Waals surface area contributed by atoms with Crippen molar-refractivity contribution < 1.29 is 0 Å². The summed E-state index contributed by atoms with van der Waals surface area (Å²) in [5, 5.41) is 7.94. The predicted octanol–water partition coefficient (Wildman–Crippen LogP) is 2.64. The van der Waals surface area contributed by atoms with Crippen LogP contribution in [-0.4, -0.2) is 15.2 Å². The molecule has 0 saturated heterocycles. The van der Waals surface area contributed by atoms with Crippen LogP contribution in [0.5, 0.6) is 0 Å². The number of nitrogens with zero attached hydrogens (tertiary/aromatic N) is 2. The molecule has 2 heterocycles. The molecule has 90 valence electrons.